The molecule has 0 unspecified atom stereocenters. The number of carbonyl (C=O) groups is 2. The molecule has 2 aromatic rings. The first-order chi connectivity index (χ1) is 13.5. The molecule has 1 amide bonds. The van der Waals surface area contributed by atoms with Gasteiger partial charge in [0.1, 0.15) is 11.9 Å². The first-order valence-corrected chi connectivity index (χ1v) is 9.68. The van der Waals surface area contributed by atoms with Crippen molar-refractivity contribution in [3.05, 3.63) is 54.1 Å². The average Bonchev–Trinajstić information content (AvgIpc) is 3.28. The van der Waals surface area contributed by atoms with Crippen LogP contribution in [0.3, 0.4) is 0 Å². The number of aryl methyl sites for hydroxylation is 1. The van der Waals surface area contributed by atoms with Gasteiger partial charge in [-0.05, 0) is 25.3 Å². The third-order valence-corrected chi connectivity index (χ3v) is 5.85. The minimum absolute atomic E-state index is 0.0689. The van der Waals surface area contributed by atoms with E-state index in [-0.39, 0.29) is 18.3 Å². The van der Waals surface area contributed by atoms with Gasteiger partial charge in [-0.15, -0.1) is 0 Å². The Morgan fingerprint density at radius 2 is 2.00 bits per heavy atom. The second-order valence-corrected chi connectivity index (χ2v) is 7.78. The lowest BCUT2D eigenvalue weighted by molar-refractivity contribution is -0.143. The summed E-state index contributed by atoms with van der Waals surface area (Å²) in [6.07, 6.45) is 4.14. The van der Waals surface area contributed by atoms with Crippen LogP contribution in [-0.4, -0.2) is 50.1 Å². The standard InChI is InChI=1S/C21H25N3O4/c1-15-22-9-12-24(15)14-21(27)7-10-23(11-8-21)20(26)17-13-18(25)28-19(17)16-5-3-2-4-6-16/h2-6,9,12,17,19,27H,7-8,10-11,13-14H2,1H3/t17-,19-/m0/s1. The molecular weight excluding hydrogens is 358 g/mol. The molecule has 2 saturated heterocycles. The molecule has 0 aliphatic carbocycles. The zero-order valence-electron chi connectivity index (χ0n) is 16.0. The van der Waals surface area contributed by atoms with Gasteiger partial charge in [0, 0.05) is 25.5 Å². The number of amides is 1. The van der Waals surface area contributed by atoms with Crippen LogP contribution in [0.4, 0.5) is 0 Å². The number of benzene rings is 1. The van der Waals surface area contributed by atoms with Crippen molar-refractivity contribution in [1.29, 1.82) is 0 Å². The molecule has 1 N–H and O–H groups in total. The van der Waals surface area contributed by atoms with Crippen molar-refractivity contribution in [3.63, 3.8) is 0 Å². The molecule has 4 rings (SSSR count). The molecule has 0 bridgehead atoms. The predicted molar refractivity (Wildman–Crippen MR) is 101 cm³/mol. The van der Waals surface area contributed by atoms with Gasteiger partial charge < -0.3 is 19.3 Å². The molecule has 7 heteroatoms. The van der Waals surface area contributed by atoms with Crippen LogP contribution < -0.4 is 0 Å². The highest BCUT2D eigenvalue weighted by Gasteiger charge is 2.44. The minimum Gasteiger partial charge on any atom is -0.457 e. The zero-order valence-corrected chi connectivity index (χ0v) is 16.0. The lowest BCUT2D eigenvalue weighted by Crippen LogP contribution is -2.50. The maximum Gasteiger partial charge on any atom is 0.307 e. The Morgan fingerprint density at radius 3 is 2.64 bits per heavy atom. The van der Waals surface area contributed by atoms with Gasteiger partial charge in [0.15, 0.2) is 0 Å². The van der Waals surface area contributed by atoms with Crippen LogP contribution in [0, 0.1) is 12.8 Å². The van der Waals surface area contributed by atoms with E-state index in [2.05, 4.69) is 4.98 Å². The summed E-state index contributed by atoms with van der Waals surface area (Å²) in [4.78, 5) is 31.0. The molecule has 3 heterocycles. The smallest absolute Gasteiger partial charge is 0.307 e. The van der Waals surface area contributed by atoms with E-state index >= 15 is 0 Å². The number of hydrogen-bond donors (Lipinski definition) is 1. The van der Waals surface area contributed by atoms with E-state index in [1.54, 1.807) is 11.1 Å². The normalized spacial score (nSPS) is 24.2. The van der Waals surface area contributed by atoms with Crippen molar-refractivity contribution in [2.24, 2.45) is 5.92 Å². The van der Waals surface area contributed by atoms with E-state index < -0.39 is 17.6 Å². The highest BCUT2D eigenvalue weighted by atomic mass is 16.6. The Kier molecular flexibility index (Phi) is 4.93. The number of nitrogens with zero attached hydrogens (tertiary/aromatic N) is 3. The summed E-state index contributed by atoms with van der Waals surface area (Å²) < 4.78 is 7.39. The van der Waals surface area contributed by atoms with Crippen molar-refractivity contribution in [2.45, 2.75) is 44.4 Å². The summed E-state index contributed by atoms with van der Waals surface area (Å²) >= 11 is 0. The van der Waals surface area contributed by atoms with Gasteiger partial charge in [-0.2, -0.15) is 0 Å². The van der Waals surface area contributed by atoms with Crippen molar-refractivity contribution < 1.29 is 19.4 Å². The maximum absolute atomic E-state index is 13.1. The Morgan fingerprint density at radius 1 is 1.29 bits per heavy atom. The van der Waals surface area contributed by atoms with E-state index in [9.17, 15) is 14.7 Å². The van der Waals surface area contributed by atoms with Gasteiger partial charge in [0.2, 0.25) is 5.91 Å². The number of esters is 1. The van der Waals surface area contributed by atoms with E-state index in [0.717, 1.165) is 11.4 Å². The lowest BCUT2D eigenvalue weighted by atomic mass is 9.88. The van der Waals surface area contributed by atoms with E-state index in [4.69, 9.17) is 4.74 Å². The van der Waals surface area contributed by atoms with Crippen molar-refractivity contribution in [2.75, 3.05) is 13.1 Å². The van der Waals surface area contributed by atoms with Crippen molar-refractivity contribution in [3.8, 4) is 0 Å². The fourth-order valence-corrected chi connectivity index (χ4v) is 4.14. The molecule has 2 atom stereocenters. The van der Waals surface area contributed by atoms with Crippen molar-refractivity contribution >= 4 is 11.9 Å². The van der Waals surface area contributed by atoms with Crippen molar-refractivity contribution in [1.82, 2.24) is 14.5 Å². The molecular formula is C21H25N3O4. The lowest BCUT2D eigenvalue weighted by Gasteiger charge is -2.39. The second-order valence-electron chi connectivity index (χ2n) is 7.78. The summed E-state index contributed by atoms with van der Waals surface area (Å²) in [7, 11) is 0. The number of aromatic nitrogens is 2. The molecule has 1 aromatic heterocycles. The molecule has 2 aliphatic rings. The Hall–Kier alpha value is -2.67. The number of carbonyl (C=O) groups excluding carboxylic acids is 2. The number of ether oxygens (including phenoxy) is 1. The largest absolute Gasteiger partial charge is 0.457 e. The first-order valence-electron chi connectivity index (χ1n) is 9.68. The van der Waals surface area contributed by atoms with Crippen LogP contribution in [0.5, 0.6) is 0 Å². The quantitative estimate of drug-likeness (QED) is 0.815. The van der Waals surface area contributed by atoms with Gasteiger partial charge in [-0.3, -0.25) is 9.59 Å². The number of aliphatic hydroxyl groups is 1. The summed E-state index contributed by atoms with van der Waals surface area (Å²) in [5.74, 6) is -0.0481. The van der Waals surface area contributed by atoms with Gasteiger partial charge in [0.05, 0.1) is 24.5 Å². The molecule has 0 radical (unpaired) electrons. The zero-order chi connectivity index (χ0) is 19.7. The number of cyclic esters (lactones) is 1. The van der Waals surface area contributed by atoms with Crippen LogP contribution in [-0.2, 0) is 20.9 Å². The molecule has 7 nitrogen and oxygen atoms in total. The summed E-state index contributed by atoms with van der Waals surface area (Å²) in [5.41, 5.74) is -0.0147. The SMILES string of the molecule is Cc1nccn1CC1(O)CCN(C(=O)[C@H]2CC(=O)O[C@H]2c2ccccc2)CC1. The third-order valence-electron chi connectivity index (χ3n) is 5.85. The van der Waals surface area contributed by atoms with Crippen LogP contribution in [0.25, 0.3) is 0 Å². The maximum atomic E-state index is 13.1. The number of hydrogen-bond acceptors (Lipinski definition) is 5. The predicted octanol–water partition coefficient (Wildman–Crippen LogP) is 1.85. The summed E-state index contributed by atoms with van der Waals surface area (Å²) in [5, 5.41) is 10.9. The molecule has 1 aromatic carbocycles. The van der Waals surface area contributed by atoms with Gasteiger partial charge in [0.25, 0.3) is 0 Å². The highest BCUT2D eigenvalue weighted by molar-refractivity contribution is 5.87. The third kappa shape index (κ3) is 3.67. The number of likely N-dealkylation sites (tertiary alicyclic amines) is 1. The topological polar surface area (TPSA) is 84.7 Å². The number of piperidine rings is 1. The highest BCUT2D eigenvalue weighted by Crippen LogP contribution is 2.37. The Labute approximate surface area is 163 Å². The van der Waals surface area contributed by atoms with Gasteiger partial charge in [-0.1, -0.05) is 30.3 Å². The average molecular weight is 383 g/mol. The first kappa shape index (κ1) is 18.7. The van der Waals surface area contributed by atoms with Gasteiger partial charge in [-0.25, -0.2) is 4.98 Å². The van der Waals surface area contributed by atoms with Crippen LogP contribution in [0.1, 0.15) is 36.8 Å². The Bertz CT molecular complexity index is 856. The molecule has 2 aliphatic heterocycles. The molecule has 148 valence electrons. The van der Waals surface area contributed by atoms with E-state index in [0.29, 0.717) is 32.5 Å². The number of imidazole rings is 1. The fourth-order valence-electron chi connectivity index (χ4n) is 4.14. The second kappa shape index (κ2) is 7.39. The molecule has 28 heavy (non-hydrogen) atoms. The summed E-state index contributed by atoms with van der Waals surface area (Å²) in [6, 6.07) is 9.41. The van der Waals surface area contributed by atoms with Gasteiger partial charge >= 0.3 is 5.97 Å². The Balaban J connectivity index is 1.42. The van der Waals surface area contributed by atoms with E-state index in [1.807, 2.05) is 48.0 Å². The molecule has 0 spiro atoms. The number of rotatable bonds is 4. The van der Waals surface area contributed by atoms with E-state index in [1.165, 1.54) is 0 Å². The minimum atomic E-state index is -0.858. The van der Waals surface area contributed by atoms with Crippen LogP contribution in [0.2, 0.25) is 0 Å². The molecule has 2 fully saturated rings. The fraction of sp³-hybridized carbons (Fsp3) is 0.476. The monoisotopic (exact) mass is 383 g/mol. The summed E-state index contributed by atoms with van der Waals surface area (Å²) in [6.45, 7) is 3.31. The van der Waals surface area contributed by atoms with Crippen LogP contribution >= 0.6 is 0 Å². The van der Waals surface area contributed by atoms with Crippen LogP contribution in [0.15, 0.2) is 42.7 Å². The molecule has 0 saturated carbocycles.